The highest BCUT2D eigenvalue weighted by Crippen LogP contribution is 2.28. The van der Waals surface area contributed by atoms with Gasteiger partial charge in [0.15, 0.2) is 6.61 Å². The maximum atomic E-state index is 12.0. The molecule has 0 bridgehead atoms. The molecule has 1 heterocycles. The van der Waals surface area contributed by atoms with Gasteiger partial charge in [-0.3, -0.25) is 0 Å². The lowest BCUT2D eigenvalue weighted by atomic mass is 9.87. The predicted octanol–water partition coefficient (Wildman–Crippen LogP) is 2.93. The summed E-state index contributed by atoms with van der Waals surface area (Å²) in [6.07, 6.45) is -2.65. The van der Waals surface area contributed by atoms with E-state index in [9.17, 15) is 18.9 Å². The van der Waals surface area contributed by atoms with Crippen molar-refractivity contribution in [1.29, 1.82) is 0 Å². The van der Waals surface area contributed by atoms with Crippen LogP contribution in [0.25, 0.3) is 0 Å². The van der Waals surface area contributed by atoms with Crippen LogP contribution >= 0.6 is 0 Å². The van der Waals surface area contributed by atoms with Crippen LogP contribution in [0.4, 0.5) is 14.6 Å². The number of hydrogen-bond donors (Lipinski definition) is 0. The number of pyridine rings is 1. The summed E-state index contributed by atoms with van der Waals surface area (Å²) < 4.78 is 28.8. The second kappa shape index (κ2) is 5.24. The van der Waals surface area contributed by atoms with Gasteiger partial charge in [-0.05, 0) is 15.9 Å². The van der Waals surface area contributed by atoms with Crippen LogP contribution in [-0.2, 0) is 5.41 Å². The molecule has 1 rings (SSSR count). The normalized spacial score (nSPS) is 11.7. The molecule has 0 aliphatic heterocycles. The lowest BCUT2D eigenvalue weighted by Crippen LogP contribution is -2.14. The van der Waals surface area contributed by atoms with Crippen molar-refractivity contribution in [3.8, 4) is 5.88 Å². The first-order valence-corrected chi connectivity index (χ1v) is 5.28. The van der Waals surface area contributed by atoms with Gasteiger partial charge >= 0.3 is 11.7 Å². The van der Waals surface area contributed by atoms with Crippen LogP contribution in [0.2, 0.25) is 0 Å². The monoisotopic (exact) mass is 260 g/mol. The van der Waals surface area contributed by atoms with E-state index in [0.717, 1.165) is 0 Å². The maximum Gasteiger partial charge on any atom is 0.368 e. The number of halogens is 2. The average molecular weight is 260 g/mol. The zero-order chi connectivity index (χ0) is 13.9. The number of rotatable bonds is 4. The molecule has 0 unspecified atom stereocenters. The summed E-state index contributed by atoms with van der Waals surface area (Å²) >= 11 is 0. The molecule has 0 atom stereocenters. The first-order valence-electron chi connectivity index (χ1n) is 5.28. The molecule has 100 valence electrons. The van der Waals surface area contributed by atoms with Gasteiger partial charge in [0.25, 0.3) is 6.43 Å². The molecular formula is C11H14F2N2O3. The second-order valence-electron chi connectivity index (χ2n) is 4.76. The fourth-order valence-corrected chi connectivity index (χ4v) is 1.24. The Morgan fingerprint density at radius 3 is 2.50 bits per heavy atom. The van der Waals surface area contributed by atoms with Crippen LogP contribution in [0, 0.1) is 10.1 Å². The minimum absolute atomic E-state index is 0.158. The molecule has 0 aliphatic carbocycles. The van der Waals surface area contributed by atoms with E-state index in [4.69, 9.17) is 4.74 Å². The Balaban J connectivity index is 3.10. The first kappa shape index (κ1) is 14.3. The standard InChI is InChI=1S/C11H14F2N2O3/c1-11(2,3)7-4-9(15(16)17)14-10(5-7)18-6-8(12)13/h4-5,8H,6H2,1-3H3. The van der Waals surface area contributed by atoms with E-state index in [1.54, 1.807) is 0 Å². The Kier molecular flexibility index (Phi) is 4.15. The Morgan fingerprint density at radius 1 is 1.44 bits per heavy atom. The third kappa shape index (κ3) is 3.90. The van der Waals surface area contributed by atoms with Gasteiger partial charge in [-0.1, -0.05) is 20.8 Å². The predicted molar refractivity (Wildman–Crippen MR) is 61.1 cm³/mol. The Morgan fingerprint density at radius 2 is 2.06 bits per heavy atom. The molecule has 18 heavy (non-hydrogen) atoms. The van der Waals surface area contributed by atoms with Crippen LogP contribution in [0.1, 0.15) is 26.3 Å². The van der Waals surface area contributed by atoms with Gasteiger partial charge in [0.2, 0.25) is 0 Å². The lowest BCUT2D eigenvalue weighted by Gasteiger charge is -2.18. The van der Waals surface area contributed by atoms with Crippen molar-refractivity contribution in [1.82, 2.24) is 4.98 Å². The van der Waals surface area contributed by atoms with E-state index in [-0.39, 0.29) is 11.3 Å². The first-order chi connectivity index (χ1) is 8.20. The molecule has 0 N–H and O–H groups in total. The van der Waals surface area contributed by atoms with Gasteiger partial charge in [-0.15, -0.1) is 0 Å². The third-order valence-electron chi connectivity index (χ3n) is 2.20. The van der Waals surface area contributed by atoms with Crippen molar-refractivity contribution in [2.75, 3.05) is 6.61 Å². The Labute approximate surface area is 103 Å². The zero-order valence-corrected chi connectivity index (χ0v) is 10.3. The number of nitrogens with zero attached hydrogens (tertiary/aromatic N) is 2. The minimum Gasteiger partial charge on any atom is -0.453 e. The van der Waals surface area contributed by atoms with Gasteiger partial charge in [-0.2, -0.15) is 0 Å². The molecular weight excluding hydrogens is 246 g/mol. The third-order valence-corrected chi connectivity index (χ3v) is 2.20. The molecule has 5 nitrogen and oxygen atoms in total. The summed E-state index contributed by atoms with van der Waals surface area (Å²) in [4.78, 5) is 13.6. The van der Waals surface area contributed by atoms with E-state index in [1.807, 2.05) is 20.8 Å². The smallest absolute Gasteiger partial charge is 0.368 e. The highest BCUT2D eigenvalue weighted by atomic mass is 19.3. The molecule has 0 radical (unpaired) electrons. The van der Waals surface area contributed by atoms with E-state index in [2.05, 4.69) is 4.98 Å². The Bertz CT molecular complexity index is 444. The number of aromatic nitrogens is 1. The molecule has 1 aromatic heterocycles. The highest BCUT2D eigenvalue weighted by molar-refractivity contribution is 5.36. The molecule has 0 saturated carbocycles. The minimum atomic E-state index is -2.65. The van der Waals surface area contributed by atoms with Gasteiger partial charge in [0.05, 0.1) is 0 Å². The molecule has 0 spiro atoms. The van der Waals surface area contributed by atoms with Crippen molar-refractivity contribution < 1.29 is 18.4 Å². The summed E-state index contributed by atoms with van der Waals surface area (Å²) in [6, 6.07) is 2.75. The highest BCUT2D eigenvalue weighted by Gasteiger charge is 2.22. The molecule has 7 heteroatoms. The Hall–Kier alpha value is -1.79. The zero-order valence-electron chi connectivity index (χ0n) is 10.3. The molecule has 0 aromatic carbocycles. The van der Waals surface area contributed by atoms with Gasteiger partial charge in [-0.25, -0.2) is 8.78 Å². The van der Waals surface area contributed by atoms with E-state index < -0.39 is 23.8 Å². The molecule has 1 aromatic rings. The van der Waals surface area contributed by atoms with Crippen LogP contribution in [0.3, 0.4) is 0 Å². The van der Waals surface area contributed by atoms with Gasteiger partial charge < -0.3 is 14.9 Å². The number of hydrogen-bond acceptors (Lipinski definition) is 4. The SMILES string of the molecule is CC(C)(C)c1cc(OCC(F)F)nc([N+](=O)[O-])c1. The van der Waals surface area contributed by atoms with Gasteiger partial charge in [0, 0.05) is 17.1 Å². The summed E-state index contributed by atoms with van der Waals surface area (Å²) in [5.74, 6) is -0.568. The molecule has 0 fully saturated rings. The van der Waals surface area contributed by atoms with E-state index in [1.165, 1.54) is 12.1 Å². The van der Waals surface area contributed by atoms with Crippen molar-refractivity contribution in [2.24, 2.45) is 0 Å². The summed E-state index contributed by atoms with van der Waals surface area (Å²) in [5.41, 5.74) is 0.241. The van der Waals surface area contributed by atoms with Crippen LogP contribution in [0.5, 0.6) is 5.88 Å². The molecule has 0 amide bonds. The summed E-state index contributed by atoms with van der Waals surface area (Å²) in [6.45, 7) is 4.71. The maximum absolute atomic E-state index is 12.0. The number of alkyl halides is 2. The number of ether oxygens (including phenoxy) is 1. The van der Waals surface area contributed by atoms with Crippen molar-refractivity contribution >= 4 is 5.82 Å². The largest absolute Gasteiger partial charge is 0.453 e. The van der Waals surface area contributed by atoms with Crippen LogP contribution < -0.4 is 4.74 Å². The summed E-state index contributed by atoms with van der Waals surface area (Å²) in [5, 5.41) is 10.7. The van der Waals surface area contributed by atoms with E-state index in [0.29, 0.717) is 5.56 Å². The average Bonchev–Trinajstić information content (AvgIpc) is 2.24. The topological polar surface area (TPSA) is 65.3 Å². The van der Waals surface area contributed by atoms with E-state index >= 15 is 0 Å². The van der Waals surface area contributed by atoms with Crippen molar-refractivity contribution in [3.63, 3.8) is 0 Å². The van der Waals surface area contributed by atoms with Crippen molar-refractivity contribution in [3.05, 3.63) is 27.8 Å². The van der Waals surface area contributed by atoms with Crippen LogP contribution in [0.15, 0.2) is 12.1 Å². The number of nitro groups is 1. The quantitative estimate of drug-likeness (QED) is 0.616. The summed E-state index contributed by atoms with van der Waals surface area (Å²) in [7, 11) is 0. The van der Waals surface area contributed by atoms with Crippen LogP contribution in [-0.4, -0.2) is 22.9 Å². The van der Waals surface area contributed by atoms with Crippen molar-refractivity contribution in [2.45, 2.75) is 32.6 Å². The lowest BCUT2D eigenvalue weighted by molar-refractivity contribution is -0.389. The fraction of sp³-hybridized carbons (Fsp3) is 0.545. The molecule has 0 aliphatic rings. The van der Waals surface area contributed by atoms with Gasteiger partial charge in [0.1, 0.15) is 0 Å². The second-order valence-corrected chi connectivity index (χ2v) is 4.76. The molecule has 0 saturated heterocycles. The fourth-order valence-electron chi connectivity index (χ4n) is 1.24.